The van der Waals surface area contributed by atoms with E-state index in [0.717, 1.165) is 6.07 Å². The average Bonchev–Trinajstić information content (AvgIpc) is 2.95. The number of anilines is 1. The van der Waals surface area contributed by atoms with Crippen LogP contribution in [0.1, 0.15) is 13.3 Å². The summed E-state index contributed by atoms with van der Waals surface area (Å²) in [5.74, 6) is -5.65. The van der Waals surface area contributed by atoms with Crippen LogP contribution in [-0.2, 0) is 19.4 Å². The zero-order valence-electron chi connectivity index (χ0n) is 15.5. The maximum atomic E-state index is 13.6. The van der Waals surface area contributed by atoms with Gasteiger partial charge in [0.1, 0.15) is 0 Å². The Bertz CT molecular complexity index is 863. The van der Waals surface area contributed by atoms with E-state index in [9.17, 15) is 31.2 Å². The summed E-state index contributed by atoms with van der Waals surface area (Å²) in [6.45, 7) is 1.61. The number of carbonyl (C=O) groups is 2. The summed E-state index contributed by atoms with van der Waals surface area (Å²) >= 11 is 0. The molecule has 0 bridgehead atoms. The Kier molecular flexibility index (Phi) is 7.05. The van der Waals surface area contributed by atoms with Crippen molar-refractivity contribution in [1.82, 2.24) is 9.80 Å². The smallest absolute Gasteiger partial charge is 0.238 e. The molecule has 1 fully saturated rings. The number of benzene rings is 1. The molecule has 0 spiro atoms. The number of halogens is 3. The van der Waals surface area contributed by atoms with Gasteiger partial charge in [-0.3, -0.25) is 14.5 Å². The predicted octanol–water partition coefficient (Wildman–Crippen LogP) is 1.01. The van der Waals surface area contributed by atoms with Crippen molar-refractivity contribution in [1.29, 1.82) is 0 Å². The third-order valence-corrected chi connectivity index (χ3v) is 6.19. The normalized spacial score (nSPS) is 18.3. The Balaban J connectivity index is 1.92. The fraction of sp³-hybridized carbons (Fsp3) is 0.529. The van der Waals surface area contributed by atoms with Crippen LogP contribution in [-0.4, -0.2) is 74.3 Å². The Morgan fingerprint density at radius 2 is 1.86 bits per heavy atom. The summed E-state index contributed by atoms with van der Waals surface area (Å²) in [6, 6.07) is 1.20. The molecule has 1 aromatic carbocycles. The number of nitrogens with zero attached hydrogens (tertiary/aromatic N) is 2. The molecule has 0 aliphatic carbocycles. The van der Waals surface area contributed by atoms with Gasteiger partial charge in [0.25, 0.3) is 0 Å². The van der Waals surface area contributed by atoms with E-state index in [4.69, 9.17) is 0 Å². The number of amides is 2. The van der Waals surface area contributed by atoms with E-state index < -0.39 is 38.9 Å². The SMILES string of the molecule is CCN(C(=O)CN(C)CC(=O)Nc1ccc(F)c(F)c1F)[C@@H]1CCS(=O)(=O)C1. The van der Waals surface area contributed by atoms with Crippen molar-refractivity contribution < 1.29 is 31.2 Å². The largest absolute Gasteiger partial charge is 0.338 e. The maximum absolute atomic E-state index is 13.6. The van der Waals surface area contributed by atoms with E-state index in [0.29, 0.717) is 19.0 Å². The lowest BCUT2D eigenvalue weighted by Crippen LogP contribution is -2.46. The molecule has 2 amide bonds. The number of rotatable bonds is 7. The summed E-state index contributed by atoms with van der Waals surface area (Å²) in [6.07, 6.45) is 0.377. The highest BCUT2D eigenvalue weighted by molar-refractivity contribution is 7.91. The molecule has 1 aromatic rings. The van der Waals surface area contributed by atoms with Gasteiger partial charge < -0.3 is 10.2 Å². The number of nitrogens with one attached hydrogen (secondary N) is 1. The van der Waals surface area contributed by atoms with Gasteiger partial charge in [0.15, 0.2) is 27.3 Å². The number of carbonyl (C=O) groups excluding carboxylic acids is 2. The molecule has 1 N–H and O–H groups in total. The second kappa shape index (κ2) is 8.91. The minimum absolute atomic E-state index is 0.0412. The lowest BCUT2D eigenvalue weighted by molar-refractivity contribution is -0.134. The lowest BCUT2D eigenvalue weighted by Gasteiger charge is -2.28. The van der Waals surface area contributed by atoms with Gasteiger partial charge in [-0.05, 0) is 32.5 Å². The number of hydrogen-bond donors (Lipinski definition) is 1. The molecule has 11 heteroatoms. The second-order valence-electron chi connectivity index (χ2n) is 6.68. The van der Waals surface area contributed by atoms with E-state index in [1.807, 2.05) is 0 Å². The van der Waals surface area contributed by atoms with Crippen LogP contribution in [0.2, 0.25) is 0 Å². The van der Waals surface area contributed by atoms with Crippen molar-refractivity contribution in [2.75, 3.05) is 43.5 Å². The van der Waals surface area contributed by atoms with E-state index in [1.165, 1.54) is 16.8 Å². The van der Waals surface area contributed by atoms with Gasteiger partial charge in [0.05, 0.1) is 30.3 Å². The molecular weight excluding hydrogens is 399 g/mol. The topological polar surface area (TPSA) is 86.8 Å². The van der Waals surface area contributed by atoms with Crippen LogP contribution < -0.4 is 5.32 Å². The number of hydrogen-bond acceptors (Lipinski definition) is 5. The van der Waals surface area contributed by atoms with Gasteiger partial charge in [-0.2, -0.15) is 0 Å². The molecule has 7 nitrogen and oxygen atoms in total. The van der Waals surface area contributed by atoms with Crippen molar-refractivity contribution in [3.05, 3.63) is 29.6 Å². The van der Waals surface area contributed by atoms with E-state index in [1.54, 1.807) is 6.92 Å². The van der Waals surface area contributed by atoms with Crippen LogP contribution in [0.3, 0.4) is 0 Å². The molecule has 1 atom stereocenters. The van der Waals surface area contributed by atoms with Gasteiger partial charge in [0.2, 0.25) is 11.8 Å². The molecule has 1 heterocycles. The van der Waals surface area contributed by atoms with Crippen LogP contribution >= 0.6 is 0 Å². The van der Waals surface area contributed by atoms with Crippen LogP contribution in [0, 0.1) is 17.5 Å². The summed E-state index contributed by atoms with van der Waals surface area (Å²) in [5.41, 5.74) is -0.505. The van der Waals surface area contributed by atoms with Gasteiger partial charge in [0, 0.05) is 12.6 Å². The maximum Gasteiger partial charge on any atom is 0.238 e. The molecule has 0 unspecified atom stereocenters. The number of likely N-dealkylation sites (N-methyl/N-ethyl adjacent to an activating group) is 2. The Labute approximate surface area is 161 Å². The molecular formula is C17H22F3N3O4S. The fourth-order valence-electron chi connectivity index (χ4n) is 3.09. The molecule has 0 aromatic heterocycles. The van der Waals surface area contributed by atoms with Gasteiger partial charge in [-0.25, -0.2) is 21.6 Å². The highest BCUT2D eigenvalue weighted by Gasteiger charge is 2.34. The molecule has 1 saturated heterocycles. The molecule has 0 radical (unpaired) electrons. The lowest BCUT2D eigenvalue weighted by atomic mass is 10.2. The van der Waals surface area contributed by atoms with Crippen LogP contribution in [0.15, 0.2) is 12.1 Å². The summed E-state index contributed by atoms with van der Waals surface area (Å²) in [7, 11) is -1.66. The average molecular weight is 421 g/mol. The Morgan fingerprint density at radius 1 is 1.18 bits per heavy atom. The molecule has 1 aliphatic rings. The van der Waals surface area contributed by atoms with Crippen molar-refractivity contribution in [2.45, 2.75) is 19.4 Å². The predicted molar refractivity (Wildman–Crippen MR) is 96.9 cm³/mol. The molecule has 2 rings (SSSR count). The molecule has 28 heavy (non-hydrogen) atoms. The highest BCUT2D eigenvalue weighted by Crippen LogP contribution is 2.20. The Morgan fingerprint density at radius 3 is 2.43 bits per heavy atom. The number of sulfone groups is 1. The third-order valence-electron chi connectivity index (χ3n) is 4.44. The van der Waals surface area contributed by atoms with Crippen molar-refractivity contribution in [2.24, 2.45) is 0 Å². The van der Waals surface area contributed by atoms with Crippen molar-refractivity contribution in [3.8, 4) is 0 Å². The highest BCUT2D eigenvalue weighted by atomic mass is 32.2. The molecule has 156 valence electrons. The minimum Gasteiger partial charge on any atom is -0.338 e. The second-order valence-corrected chi connectivity index (χ2v) is 8.91. The van der Waals surface area contributed by atoms with Gasteiger partial charge in [-0.15, -0.1) is 0 Å². The first-order valence-corrected chi connectivity index (χ1v) is 10.5. The standard InChI is InChI=1S/C17H22F3N3O4S/c1-3-23(11-6-7-28(26,27)10-11)15(25)9-22(2)8-14(24)21-13-5-4-12(18)16(19)17(13)20/h4-5,11H,3,6-10H2,1-2H3,(H,21,24)/t11-/m1/s1. The van der Waals surface area contributed by atoms with Crippen molar-refractivity contribution in [3.63, 3.8) is 0 Å². The molecule has 0 saturated carbocycles. The summed E-state index contributed by atoms with van der Waals surface area (Å²) < 4.78 is 63.0. The van der Waals surface area contributed by atoms with Crippen LogP contribution in [0.4, 0.5) is 18.9 Å². The summed E-state index contributed by atoms with van der Waals surface area (Å²) in [5, 5.41) is 2.13. The van der Waals surface area contributed by atoms with Crippen molar-refractivity contribution >= 4 is 27.3 Å². The zero-order valence-corrected chi connectivity index (χ0v) is 16.4. The van der Waals surface area contributed by atoms with Crippen LogP contribution in [0.5, 0.6) is 0 Å². The Hall–Kier alpha value is -2.14. The van der Waals surface area contributed by atoms with E-state index in [2.05, 4.69) is 5.32 Å². The third kappa shape index (κ3) is 5.44. The monoisotopic (exact) mass is 421 g/mol. The first-order chi connectivity index (χ1) is 13.0. The fourth-order valence-corrected chi connectivity index (χ4v) is 4.83. The zero-order chi connectivity index (χ0) is 21.1. The van der Waals surface area contributed by atoms with E-state index >= 15 is 0 Å². The van der Waals surface area contributed by atoms with E-state index in [-0.39, 0.29) is 36.5 Å². The van der Waals surface area contributed by atoms with Crippen LogP contribution in [0.25, 0.3) is 0 Å². The van der Waals surface area contributed by atoms with Gasteiger partial charge in [-0.1, -0.05) is 0 Å². The molecule has 1 aliphatic heterocycles. The summed E-state index contributed by atoms with van der Waals surface area (Å²) in [4.78, 5) is 27.3. The first kappa shape index (κ1) is 22.2. The minimum atomic E-state index is -3.14. The van der Waals surface area contributed by atoms with Gasteiger partial charge >= 0.3 is 0 Å². The quantitative estimate of drug-likeness (QED) is 0.664. The first-order valence-electron chi connectivity index (χ1n) is 8.65.